The number of esters is 1. The van der Waals surface area contributed by atoms with Crippen molar-refractivity contribution in [3.63, 3.8) is 0 Å². The number of alkyl carbamates (subject to hydrolysis) is 1. The summed E-state index contributed by atoms with van der Waals surface area (Å²) in [6.07, 6.45) is 3.91. The van der Waals surface area contributed by atoms with Crippen LogP contribution in [0.4, 0.5) is 4.79 Å². The Hall–Kier alpha value is -1.20. The molecule has 1 rings (SSSR count). The van der Waals surface area contributed by atoms with Gasteiger partial charge in [0.25, 0.3) is 0 Å². The van der Waals surface area contributed by atoms with Crippen LogP contribution >= 0.6 is 8.03 Å². The molecular formula is C14H25NO6P+. The largest absolute Gasteiger partial charge is 0.504 e. The van der Waals surface area contributed by atoms with Gasteiger partial charge in [0.15, 0.2) is 6.66 Å². The minimum Gasteiger partial charge on any atom is -0.425 e. The number of nitrogens with one attached hydrogen (secondary N) is 1. The lowest BCUT2D eigenvalue weighted by Crippen LogP contribution is -2.32. The van der Waals surface area contributed by atoms with E-state index < -0.39 is 20.4 Å². The van der Waals surface area contributed by atoms with Crippen molar-refractivity contribution in [1.29, 1.82) is 0 Å². The molecule has 1 aliphatic carbocycles. The molecule has 0 bridgehead atoms. The predicted molar refractivity (Wildman–Crippen MR) is 80.7 cm³/mol. The molecule has 1 saturated carbocycles. The Morgan fingerprint density at radius 1 is 1.23 bits per heavy atom. The van der Waals surface area contributed by atoms with Gasteiger partial charge in [-0.15, -0.1) is 4.52 Å². The van der Waals surface area contributed by atoms with Gasteiger partial charge in [0, 0.05) is 13.5 Å². The van der Waals surface area contributed by atoms with Crippen molar-refractivity contribution in [2.24, 2.45) is 5.92 Å². The molecule has 2 atom stereocenters. The van der Waals surface area contributed by atoms with Gasteiger partial charge in [0.05, 0.1) is 5.92 Å². The first-order chi connectivity index (χ1) is 10.5. The quantitative estimate of drug-likeness (QED) is 0.318. The summed E-state index contributed by atoms with van der Waals surface area (Å²) in [7, 11) is -1.61. The lowest BCUT2D eigenvalue weighted by molar-refractivity contribution is -0.170. The molecular weight excluding hydrogens is 309 g/mol. The average molecular weight is 334 g/mol. The van der Waals surface area contributed by atoms with Crippen LogP contribution in [0.2, 0.25) is 0 Å². The highest BCUT2D eigenvalue weighted by atomic mass is 31.1. The van der Waals surface area contributed by atoms with Crippen LogP contribution in [0, 0.1) is 5.92 Å². The van der Waals surface area contributed by atoms with E-state index in [-0.39, 0.29) is 11.9 Å². The monoisotopic (exact) mass is 334 g/mol. The van der Waals surface area contributed by atoms with Crippen LogP contribution < -0.4 is 5.32 Å². The number of hydrogen-bond acceptors (Lipinski definition) is 6. The van der Waals surface area contributed by atoms with Gasteiger partial charge in [-0.1, -0.05) is 19.3 Å². The molecule has 0 aromatic carbocycles. The van der Waals surface area contributed by atoms with E-state index in [1.165, 1.54) is 13.6 Å². The molecule has 2 unspecified atom stereocenters. The molecule has 22 heavy (non-hydrogen) atoms. The summed E-state index contributed by atoms with van der Waals surface area (Å²) >= 11 is 0. The number of carbonyl (C=O) groups excluding carboxylic acids is 2. The van der Waals surface area contributed by atoms with E-state index in [1.807, 2.05) is 0 Å². The Bertz CT molecular complexity index is 384. The summed E-state index contributed by atoms with van der Waals surface area (Å²) in [5.41, 5.74) is 0. The highest BCUT2D eigenvalue weighted by Gasteiger charge is 2.25. The second-order valence-electron chi connectivity index (χ2n) is 5.30. The van der Waals surface area contributed by atoms with Crippen molar-refractivity contribution in [3.05, 3.63) is 0 Å². The summed E-state index contributed by atoms with van der Waals surface area (Å²) in [4.78, 5) is 23.4. The van der Waals surface area contributed by atoms with Crippen molar-refractivity contribution in [2.75, 3.05) is 19.8 Å². The average Bonchev–Trinajstić information content (AvgIpc) is 2.47. The zero-order chi connectivity index (χ0) is 16.4. The molecule has 1 aliphatic rings. The van der Waals surface area contributed by atoms with Gasteiger partial charge in [0.2, 0.25) is 6.29 Å². The third kappa shape index (κ3) is 8.29. The molecule has 0 aliphatic heterocycles. The fourth-order valence-corrected chi connectivity index (χ4v) is 2.66. The predicted octanol–water partition coefficient (Wildman–Crippen LogP) is 2.96. The molecule has 0 heterocycles. The Morgan fingerprint density at radius 3 is 2.55 bits per heavy atom. The zero-order valence-electron chi connectivity index (χ0n) is 13.2. The van der Waals surface area contributed by atoms with E-state index >= 15 is 0 Å². The normalized spacial score (nSPS) is 17.5. The number of rotatable bonds is 8. The van der Waals surface area contributed by atoms with Gasteiger partial charge < -0.3 is 14.8 Å². The molecule has 0 aromatic heterocycles. The topological polar surface area (TPSA) is 90.9 Å². The molecule has 1 fully saturated rings. The second-order valence-corrected chi connectivity index (χ2v) is 6.44. The SMILES string of the molecule is CC(OC(=O)NCCCO[P+](C)=O)OC(=O)C1CCCCC1. The van der Waals surface area contributed by atoms with E-state index in [0.29, 0.717) is 19.6 Å². The first-order valence-electron chi connectivity index (χ1n) is 7.68. The number of amides is 1. The Kier molecular flexibility index (Phi) is 9.01. The summed E-state index contributed by atoms with van der Waals surface area (Å²) < 4.78 is 25.6. The van der Waals surface area contributed by atoms with Crippen LogP contribution in [0.1, 0.15) is 45.4 Å². The third-order valence-corrected chi connectivity index (χ3v) is 3.90. The van der Waals surface area contributed by atoms with Crippen LogP contribution in [0.15, 0.2) is 0 Å². The Balaban J connectivity index is 2.12. The molecule has 7 nitrogen and oxygen atoms in total. The zero-order valence-corrected chi connectivity index (χ0v) is 14.1. The lowest BCUT2D eigenvalue weighted by Gasteiger charge is -2.22. The standard InChI is InChI=1S/C14H24NO6P/c1-11(20-13(16)12-7-4-3-5-8-12)21-14(17)15-9-6-10-19-22(2)18/h11-12H,3-10H2,1-2H3/p+1. The third-order valence-electron chi connectivity index (χ3n) is 3.36. The highest BCUT2D eigenvalue weighted by Crippen LogP contribution is 2.25. The number of carbonyl (C=O) groups is 2. The Labute approximate surface area is 131 Å². The maximum atomic E-state index is 11.9. The minimum absolute atomic E-state index is 0.0731. The number of ether oxygens (including phenoxy) is 2. The van der Waals surface area contributed by atoms with Crippen molar-refractivity contribution in [1.82, 2.24) is 5.32 Å². The lowest BCUT2D eigenvalue weighted by atomic mass is 9.89. The minimum atomic E-state index is -1.61. The van der Waals surface area contributed by atoms with Gasteiger partial charge in [-0.25, -0.2) is 4.79 Å². The van der Waals surface area contributed by atoms with Crippen LogP contribution in [-0.4, -0.2) is 38.2 Å². The molecule has 0 spiro atoms. The number of hydrogen-bond donors (Lipinski definition) is 1. The van der Waals surface area contributed by atoms with Gasteiger partial charge in [-0.3, -0.25) is 4.79 Å². The first kappa shape index (κ1) is 18.8. The van der Waals surface area contributed by atoms with E-state index in [0.717, 1.165) is 32.1 Å². The van der Waals surface area contributed by atoms with Crippen molar-refractivity contribution in [2.45, 2.75) is 51.7 Å². The van der Waals surface area contributed by atoms with E-state index in [1.54, 1.807) is 0 Å². The fourth-order valence-electron chi connectivity index (χ4n) is 2.27. The van der Waals surface area contributed by atoms with E-state index in [4.69, 9.17) is 14.0 Å². The molecule has 1 N–H and O–H groups in total. The van der Waals surface area contributed by atoms with E-state index in [2.05, 4.69) is 5.32 Å². The highest BCUT2D eigenvalue weighted by molar-refractivity contribution is 7.38. The van der Waals surface area contributed by atoms with E-state index in [9.17, 15) is 14.2 Å². The smallest absolute Gasteiger partial charge is 0.425 e. The second kappa shape index (κ2) is 10.5. The fraction of sp³-hybridized carbons (Fsp3) is 0.857. The van der Waals surface area contributed by atoms with Gasteiger partial charge >= 0.3 is 20.1 Å². The Morgan fingerprint density at radius 2 is 1.91 bits per heavy atom. The van der Waals surface area contributed by atoms with Crippen molar-refractivity contribution in [3.8, 4) is 0 Å². The molecule has 8 heteroatoms. The molecule has 0 radical (unpaired) electrons. The maximum absolute atomic E-state index is 11.9. The van der Waals surface area contributed by atoms with Gasteiger partial charge in [0.1, 0.15) is 6.61 Å². The summed E-state index contributed by atoms with van der Waals surface area (Å²) in [5, 5.41) is 2.51. The maximum Gasteiger partial charge on any atom is 0.504 e. The van der Waals surface area contributed by atoms with Gasteiger partial charge in [-0.05, 0) is 23.8 Å². The molecule has 0 saturated heterocycles. The van der Waals surface area contributed by atoms with Crippen LogP contribution in [0.3, 0.4) is 0 Å². The molecule has 126 valence electrons. The van der Waals surface area contributed by atoms with Crippen LogP contribution in [0.25, 0.3) is 0 Å². The molecule has 1 amide bonds. The first-order valence-corrected chi connectivity index (χ1v) is 9.30. The summed E-state index contributed by atoms with van der Waals surface area (Å²) in [6.45, 7) is 3.63. The van der Waals surface area contributed by atoms with Crippen molar-refractivity contribution < 1.29 is 28.2 Å². The van der Waals surface area contributed by atoms with Crippen LogP contribution in [-0.2, 0) is 23.4 Å². The van der Waals surface area contributed by atoms with Crippen LogP contribution in [0.5, 0.6) is 0 Å². The molecule has 0 aromatic rings. The van der Waals surface area contributed by atoms with Crippen molar-refractivity contribution >= 4 is 20.1 Å². The summed E-state index contributed by atoms with van der Waals surface area (Å²) in [6, 6.07) is 0. The van der Waals surface area contributed by atoms with Gasteiger partial charge in [-0.2, -0.15) is 0 Å². The summed E-state index contributed by atoms with van der Waals surface area (Å²) in [5.74, 6) is -0.365.